The molecule has 84 valence electrons. The van der Waals surface area contributed by atoms with E-state index in [1.807, 2.05) is 0 Å². The minimum absolute atomic E-state index is 0.520. The van der Waals surface area contributed by atoms with Gasteiger partial charge in [0.2, 0.25) is 0 Å². The quantitative estimate of drug-likeness (QED) is 0.753. The van der Waals surface area contributed by atoms with Gasteiger partial charge < -0.3 is 15.4 Å². The van der Waals surface area contributed by atoms with Gasteiger partial charge in [-0.15, -0.1) is 0 Å². The molecule has 1 saturated heterocycles. The third-order valence-corrected chi connectivity index (χ3v) is 2.53. The Balaban J connectivity index is 2.28. The summed E-state index contributed by atoms with van der Waals surface area (Å²) in [5.41, 5.74) is 6.66. The summed E-state index contributed by atoms with van der Waals surface area (Å²) >= 11 is 0. The first kappa shape index (κ1) is 10.7. The van der Waals surface area contributed by atoms with Gasteiger partial charge in [-0.1, -0.05) is 0 Å². The Morgan fingerprint density at radius 1 is 1.44 bits per heavy atom. The second-order valence-electron chi connectivity index (χ2n) is 3.70. The van der Waals surface area contributed by atoms with Crippen molar-refractivity contribution in [2.45, 2.75) is 6.42 Å². The zero-order valence-corrected chi connectivity index (χ0v) is 9.02. The summed E-state index contributed by atoms with van der Waals surface area (Å²) in [6, 6.07) is 3.79. The Hall–Kier alpha value is -1.80. The van der Waals surface area contributed by atoms with Gasteiger partial charge >= 0.3 is 0 Å². The highest BCUT2D eigenvalue weighted by Crippen LogP contribution is 2.20. The van der Waals surface area contributed by atoms with Crippen LogP contribution >= 0.6 is 0 Å². The molecule has 0 aliphatic carbocycles. The number of nitrogen functional groups attached to an aromatic ring is 1. The number of pyridine rings is 1. The van der Waals surface area contributed by atoms with Crippen molar-refractivity contribution in [3.63, 3.8) is 0 Å². The number of nitrogens with zero attached hydrogens (tertiary/aromatic N) is 3. The zero-order chi connectivity index (χ0) is 11.4. The number of hydrogen-bond acceptors (Lipinski definition) is 5. The number of nitrogens with two attached hydrogens (primary N) is 1. The number of nitriles is 1. The highest BCUT2D eigenvalue weighted by molar-refractivity contribution is 5.58. The topological polar surface area (TPSA) is 75.2 Å². The van der Waals surface area contributed by atoms with Crippen molar-refractivity contribution < 1.29 is 4.74 Å². The van der Waals surface area contributed by atoms with Gasteiger partial charge in [0, 0.05) is 19.7 Å². The molecule has 1 aromatic rings. The van der Waals surface area contributed by atoms with E-state index < -0.39 is 0 Å². The Labute approximate surface area is 94.4 Å². The molecule has 0 radical (unpaired) electrons. The number of ether oxygens (including phenoxy) is 1. The molecule has 0 unspecified atom stereocenters. The second-order valence-corrected chi connectivity index (χ2v) is 3.70. The van der Waals surface area contributed by atoms with Crippen LogP contribution in [0.25, 0.3) is 0 Å². The Morgan fingerprint density at radius 2 is 2.31 bits per heavy atom. The average Bonchev–Trinajstić information content (AvgIpc) is 2.57. The number of aromatic nitrogens is 1. The van der Waals surface area contributed by atoms with Crippen molar-refractivity contribution >= 4 is 11.5 Å². The van der Waals surface area contributed by atoms with Crippen LogP contribution in [0.1, 0.15) is 12.0 Å². The van der Waals surface area contributed by atoms with Crippen LogP contribution in [0, 0.1) is 11.3 Å². The Morgan fingerprint density at radius 3 is 3.12 bits per heavy atom. The van der Waals surface area contributed by atoms with Crippen LogP contribution in [-0.2, 0) is 4.74 Å². The molecule has 1 aliphatic heterocycles. The fourth-order valence-corrected chi connectivity index (χ4v) is 1.77. The minimum Gasteiger partial charge on any atom is -0.397 e. The SMILES string of the molecule is N#Cc1cc(N)cnc1N1CCCOCC1. The molecule has 2 N–H and O–H groups in total. The average molecular weight is 218 g/mol. The standard InChI is InChI=1S/C11H14N4O/c12-7-9-6-10(13)8-14-11(9)15-2-1-4-16-5-3-15/h6,8H,1-5,13H2. The monoisotopic (exact) mass is 218 g/mol. The van der Waals surface area contributed by atoms with E-state index in [1.165, 1.54) is 0 Å². The van der Waals surface area contributed by atoms with E-state index >= 15 is 0 Å². The molecule has 0 aromatic carbocycles. The molecule has 0 saturated carbocycles. The maximum atomic E-state index is 9.04. The fraction of sp³-hybridized carbons (Fsp3) is 0.455. The van der Waals surface area contributed by atoms with E-state index in [-0.39, 0.29) is 0 Å². The molecule has 1 fully saturated rings. The maximum absolute atomic E-state index is 9.04. The minimum atomic E-state index is 0.520. The van der Waals surface area contributed by atoms with Crippen molar-refractivity contribution in [2.24, 2.45) is 0 Å². The van der Waals surface area contributed by atoms with Crippen molar-refractivity contribution in [2.75, 3.05) is 36.9 Å². The number of hydrogen-bond donors (Lipinski definition) is 1. The van der Waals surface area contributed by atoms with E-state index in [4.69, 9.17) is 15.7 Å². The van der Waals surface area contributed by atoms with E-state index in [0.29, 0.717) is 23.7 Å². The predicted molar refractivity (Wildman–Crippen MR) is 61.0 cm³/mol. The summed E-state index contributed by atoms with van der Waals surface area (Å²) in [5.74, 6) is 0.710. The Kier molecular flexibility index (Phi) is 3.22. The van der Waals surface area contributed by atoms with Gasteiger partial charge in [-0.25, -0.2) is 4.98 Å². The van der Waals surface area contributed by atoms with Gasteiger partial charge in [-0.05, 0) is 12.5 Å². The van der Waals surface area contributed by atoms with Crippen LogP contribution in [0.15, 0.2) is 12.3 Å². The lowest BCUT2D eigenvalue weighted by atomic mass is 10.2. The van der Waals surface area contributed by atoms with Gasteiger partial charge in [0.05, 0.1) is 24.1 Å². The lowest BCUT2D eigenvalue weighted by Gasteiger charge is -2.21. The van der Waals surface area contributed by atoms with Crippen LogP contribution in [0.3, 0.4) is 0 Å². The predicted octanol–water partition coefficient (Wildman–Crippen LogP) is 0.762. The zero-order valence-electron chi connectivity index (χ0n) is 9.02. The number of anilines is 2. The molecule has 0 amide bonds. The fourth-order valence-electron chi connectivity index (χ4n) is 1.77. The lowest BCUT2D eigenvalue weighted by Crippen LogP contribution is -2.27. The first-order chi connectivity index (χ1) is 7.81. The van der Waals surface area contributed by atoms with E-state index in [1.54, 1.807) is 12.3 Å². The second kappa shape index (κ2) is 4.81. The highest BCUT2D eigenvalue weighted by atomic mass is 16.5. The van der Waals surface area contributed by atoms with Crippen molar-refractivity contribution in [3.8, 4) is 6.07 Å². The van der Waals surface area contributed by atoms with Crippen LogP contribution in [0.4, 0.5) is 11.5 Å². The molecule has 0 spiro atoms. The van der Waals surface area contributed by atoms with Gasteiger partial charge in [0.15, 0.2) is 0 Å². The summed E-state index contributed by atoms with van der Waals surface area (Å²) in [4.78, 5) is 6.31. The molecule has 1 aromatic heterocycles. The Bertz CT molecular complexity index is 405. The summed E-state index contributed by atoms with van der Waals surface area (Å²) in [6.07, 6.45) is 2.54. The van der Waals surface area contributed by atoms with E-state index in [2.05, 4.69) is 16.0 Å². The van der Waals surface area contributed by atoms with Gasteiger partial charge in [-0.2, -0.15) is 5.26 Å². The number of rotatable bonds is 1. The van der Waals surface area contributed by atoms with Crippen molar-refractivity contribution in [1.82, 2.24) is 4.98 Å². The van der Waals surface area contributed by atoms with Crippen LogP contribution < -0.4 is 10.6 Å². The molecule has 1 aliphatic rings. The summed E-state index contributed by atoms with van der Waals surface area (Å²) in [7, 11) is 0. The lowest BCUT2D eigenvalue weighted by molar-refractivity contribution is 0.152. The molecule has 2 rings (SSSR count). The molecule has 5 heteroatoms. The van der Waals surface area contributed by atoms with Crippen LogP contribution in [-0.4, -0.2) is 31.3 Å². The van der Waals surface area contributed by atoms with E-state index in [0.717, 1.165) is 26.1 Å². The molecule has 2 heterocycles. The highest BCUT2D eigenvalue weighted by Gasteiger charge is 2.15. The van der Waals surface area contributed by atoms with Crippen LogP contribution in [0.2, 0.25) is 0 Å². The summed E-state index contributed by atoms with van der Waals surface area (Å²) in [5, 5.41) is 9.04. The van der Waals surface area contributed by atoms with Gasteiger partial charge in [0.25, 0.3) is 0 Å². The third-order valence-electron chi connectivity index (χ3n) is 2.53. The summed E-state index contributed by atoms with van der Waals surface area (Å²) < 4.78 is 5.37. The molecule has 5 nitrogen and oxygen atoms in total. The van der Waals surface area contributed by atoms with E-state index in [9.17, 15) is 0 Å². The molecular weight excluding hydrogens is 204 g/mol. The van der Waals surface area contributed by atoms with Crippen LogP contribution in [0.5, 0.6) is 0 Å². The molecule has 16 heavy (non-hydrogen) atoms. The third kappa shape index (κ3) is 2.23. The molecule has 0 bridgehead atoms. The normalized spacial score (nSPS) is 16.6. The molecular formula is C11H14N4O. The largest absolute Gasteiger partial charge is 0.397 e. The van der Waals surface area contributed by atoms with Gasteiger partial charge in [-0.3, -0.25) is 0 Å². The molecule has 0 atom stereocenters. The first-order valence-electron chi connectivity index (χ1n) is 5.29. The summed E-state index contributed by atoms with van der Waals surface area (Å²) in [6.45, 7) is 3.08. The van der Waals surface area contributed by atoms with Crippen molar-refractivity contribution in [3.05, 3.63) is 17.8 Å². The van der Waals surface area contributed by atoms with Gasteiger partial charge in [0.1, 0.15) is 11.9 Å². The maximum Gasteiger partial charge on any atom is 0.146 e. The smallest absolute Gasteiger partial charge is 0.146 e. The van der Waals surface area contributed by atoms with Crippen molar-refractivity contribution in [1.29, 1.82) is 5.26 Å². The first-order valence-corrected chi connectivity index (χ1v) is 5.29.